The van der Waals surface area contributed by atoms with E-state index in [9.17, 15) is 14.7 Å². The number of amides is 1. The average Bonchev–Trinajstić information content (AvgIpc) is 2.43. The first kappa shape index (κ1) is 13.7. The van der Waals surface area contributed by atoms with Gasteiger partial charge in [0.1, 0.15) is 0 Å². The Morgan fingerprint density at radius 2 is 2.00 bits per heavy atom. The van der Waals surface area contributed by atoms with Gasteiger partial charge in [0.15, 0.2) is 5.69 Å². The third-order valence-corrected chi connectivity index (χ3v) is 2.89. The largest absolute Gasteiger partial charge is 0.476 e. The number of likely N-dealkylation sites (N-methyl/N-ethyl adjacent to an activating group) is 1. The summed E-state index contributed by atoms with van der Waals surface area (Å²) in [7, 11) is 0. The SMILES string of the molecule is CCN(CC(N)=O)c1c(C(=O)O)nnc2ccccc12. The number of fused-ring (bicyclic) bond motifs is 1. The Kier molecular flexibility index (Phi) is 3.79. The number of anilines is 1. The van der Waals surface area contributed by atoms with E-state index in [1.165, 1.54) is 0 Å². The molecule has 0 spiro atoms. The summed E-state index contributed by atoms with van der Waals surface area (Å²) in [6.07, 6.45) is 0. The van der Waals surface area contributed by atoms with Crippen LogP contribution in [-0.4, -0.2) is 40.3 Å². The van der Waals surface area contributed by atoms with E-state index < -0.39 is 11.9 Å². The number of primary amides is 1. The second-order valence-electron chi connectivity index (χ2n) is 4.20. The summed E-state index contributed by atoms with van der Waals surface area (Å²) in [5, 5.41) is 17.5. The number of aromatic carboxylic acids is 1. The Balaban J connectivity index is 2.71. The van der Waals surface area contributed by atoms with Gasteiger partial charge in [0.2, 0.25) is 5.91 Å². The smallest absolute Gasteiger partial charge is 0.358 e. The molecule has 0 bridgehead atoms. The van der Waals surface area contributed by atoms with Crippen molar-refractivity contribution in [2.24, 2.45) is 5.73 Å². The summed E-state index contributed by atoms with van der Waals surface area (Å²) < 4.78 is 0. The molecule has 3 N–H and O–H groups in total. The Hall–Kier alpha value is -2.70. The maximum absolute atomic E-state index is 11.3. The van der Waals surface area contributed by atoms with Gasteiger partial charge in [-0.15, -0.1) is 10.2 Å². The molecule has 0 saturated carbocycles. The molecular formula is C13H14N4O3. The second kappa shape index (κ2) is 5.52. The van der Waals surface area contributed by atoms with Crippen LogP contribution in [0.1, 0.15) is 17.4 Å². The van der Waals surface area contributed by atoms with Crippen molar-refractivity contribution in [2.75, 3.05) is 18.0 Å². The highest BCUT2D eigenvalue weighted by molar-refractivity contribution is 6.03. The third kappa shape index (κ3) is 2.51. The van der Waals surface area contributed by atoms with Gasteiger partial charge in [0.05, 0.1) is 17.7 Å². The number of carboxylic acids is 1. The standard InChI is InChI=1S/C13H14N4O3/c1-2-17(7-10(14)18)12-8-5-3-4-6-9(8)15-16-11(12)13(19)20/h3-6H,2,7H2,1H3,(H2,14,18)(H,19,20). The summed E-state index contributed by atoms with van der Waals surface area (Å²) >= 11 is 0. The van der Waals surface area contributed by atoms with Gasteiger partial charge >= 0.3 is 5.97 Å². The molecule has 7 nitrogen and oxygen atoms in total. The zero-order chi connectivity index (χ0) is 14.7. The van der Waals surface area contributed by atoms with Crippen LogP contribution in [-0.2, 0) is 4.79 Å². The Morgan fingerprint density at radius 3 is 2.60 bits per heavy atom. The van der Waals surface area contributed by atoms with E-state index in [1.807, 2.05) is 6.92 Å². The molecule has 0 aliphatic rings. The first-order chi connectivity index (χ1) is 9.54. The second-order valence-corrected chi connectivity index (χ2v) is 4.20. The van der Waals surface area contributed by atoms with Gasteiger partial charge in [-0.3, -0.25) is 4.79 Å². The number of aromatic nitrogens is 2. The maximum atomic E-state index is 11.3. The van der Waals surface area contributed by atoms with Crippen LogP contribution < -0.4 is 10.6 Å². The van der Waals surface area contributed by atoms with Crippen molar-refractivity contribution < 1.29 is 14.7 Å². The normalized spacial score (nSPS) is 10.4. The zero-order valence-corrected chi connectivity index (χ0v) is 10.9. The molecule has 7 heteroatoms. The minimum absolute atomic E-state index is 0.0769. The lowest BCUT2D eigenvalue weighted by Gasteiger charge is -2.23. The molecule has 20 heavy (non-hydrogen) atoms. The fourth-order valence-corrected chi connectivity index (χ4v) is 2.04. The molecule has 2 aromatic rings. The number of nitrogens with two attached hydrogens (primary N) is 1. The summed E-state index contributed by atoms with van der Waals surface area (Å²) in [6, 6.07) is 7.04. The zero-order valence-electron chi connectivity index (χ0n) is 10.9. The number of nitrogens with zero attached hydrogens (tertiary/aromatic N) is 3. The van der Waals surface area contributed by atoms with Crippen molar-refractivity contribution in [1.82, 2.24) is 10.2 Å². The van der Waals surface area contributed by atoms with E-state index in [0.29, 0.717) is 23.1 Å². The van der Waals surface area contributed by atoms with Gasteiger partial charge in [-0.25, -0.2) is 4.79 Å². The van der Waals surface area contributed by atoms with Gasteiger partial charge < -0.3 is 15.7 Å². The van der Waals surface area contributed by atoms with Crippen LogP contribution in [0.4, 0.5) is 5.69 Å². The topological polar surface area (TPSA) is 109 Å². The van der Waals surface area contributed by atoms with Crippen LogP contribution >= 0.6 is 0 Å². The fraction of sp³-hybridized carbons (Fsp3) is 0.231. The Labute approximate surface area is 115 Å². The molecular weight excluding hydrogens is 260 g/mol. The Morgan fingerprint density at radius 1 is 1.30 bits per heavy atom. The third-order valence-electron chi connectivity index (χ3n) is 2.89. The van der Waals surface area contributed by atoms with E-state index in [4.69, 9.17) is 5.73 Å². The maximum Gasteiger partial charge on any atom is 0.358 e. The molecule has 0 saturated heterocycles. The van der Waals surface area contributed by atoms with Crippen molar-refractivity contribution in [1.29, 1.82) is 0 Å². The highest BCUT2D eigenvalue weighted by Crippen LogP contribution is 2.27. The van der Waals surface area contributed by atoms with Crippen LogP contribution in [0.3, 0.4) is 0 Å². The number of hydrogen-bond donors (Lipinski definition) is 2. The van der Waals surface area contributed by atoms with Crippen LogP contribution in [0.25, 0.3) is 10.9 Å². The van der Waals surface area contributed by atoms with E-state index in [1.54, 1.807) is 29.2 Å². The first-order valence-electron chi connectivity index (χ1n) is 6.06. The van der Waals surface area contributed by atoms with Gasteiger partial charge in [-0.05, 0) is 13.0 Å². The molecule has 0 aliphatic carbocycles. The summed E-state index contributed by atoms with van der Waals surface area (Å²) in [6.45, 7) is 2.16. The monoisotopic (exact) mass is 274 g/mol. The summed E-state index contributed by atoms with van der Waals surface area (Å²) in [4.78, 5) is 24.1. The van der Waals surface area contributed by atoms with Gasteiger partial charge in [0, 0.05) is 11.9 Å². The van der Waals surface area contributed by atoms with Crippen molar-refractivity contribution in [3.8, 4) is 0 Å². The summed E-state index contributed by atoms with van der Waals surface area (Å²) in [5.41, 5.74) is 5.95. The lowest BCUT2D eigenvalue weighted by Crippen LogP contribution is -2.35. The number of carbonyl (C=O) groups is 2. The molecule has 0 aliphatic heterocycles. The number of carboxylic acid groups (broad SMARTS) is 1. The lowest BCUT2D eigenvalue weighted by atomic mass is 10.1. The van der Waals surface area contributed by atoms with Crippen LogP contribution in [0.2, 0.25) is 0 Å². The van der Waals surface area contributed by atoms with E-state index in [-0.39, 0.29) is 12.2 Å². The minimum Gasteiger partial charge on any atom is -0.476 e. The minimum atomic E-state index is -1.19. The molecule has 1 aromatic heterocycles. The lowest BCUT2D eigenvalue weighted by molar-refractivity contribution is -0.116. The number of carbonyl (C=O) groups excluding carboxylic acids is 1. The quantitative estimate of drug-likeness (QED) is 0.828. The van der Waals surface area contributed by atoms with E-state index in [0.717, 1.165) is 0 Å². The molecule has 0 fully saturated rings. The van der Waals surface area contributed by atoms with Gasteiger partial charge in [-0.2, -0.15) is 0 Å². The van der Waals surface area contributed by atoms with Crippen LogP contribution in [0.15, 0.2) is 24.3 Å². The van der Waals surface area contributed by atoms with Gasteiger partial charge in [-0.1, -0.05) is 18.2 Å². The van der Waals surface area contributed by atoms with E-state index >= 15 is 0 Å². The van der Waals surface area contributed by atoms with E-state index in [2.05, 4.69) is 10.2 Å². The molecule has 1 amide bonds. The van der Waals surface area contributed by atoms with Crippen molar-refractivity contribution in [3.63, 3.8) is 0 Å². The molecule has 104 valence electrons. The van der Waals surface area contributed by atoms with Crippen molar-refractivity contribution in [2.45, 2.75) is 6.92 Å². The van der Waals surface area contributed by atoms with Crippen LogP contribution in [0, 0.1) is 0 Å². The first-order valence-corrected chi connectivity index (χ1v) is 6.06. The Bertz CT molecular complexity index is 672. The molecule has 0 unspecified atom stereocenters. The highest BCUT2D eigenvalue weighted by Gasteiger charge is 2.21. The predicted molar refractivity (Wildman–Crippen MR) is 73.6 cm³/mol. The fourth-order valence-electron chi connectivity index (χ4n) is 2.04. The molecule has 1 aromatic carbocycles. The molecule has 2 rings (SSSR count). The highest BCUT2D eigenvalue weighted by atomic mass is 16.4. The predicted octanol–water partition coefficient (Wildman–Crippen LogP) is 0.640. The number of rotatable bonds is 5. The molecule has 0 atom stereocenters. The summed E-state index contributed by atoms with van der Waals surface area (Å²) in [5.74, 6) is -1.73. The van der Waals surface area contributed by atoms with Crippen molar-refractivity contribution >= 4 is 28.5 Å². The molecule has 1 heterocycles. The molecule has 0 radical (unpaired) electrons. The van der Waals surface area contributed by atoms with Crippen LogP contribution in [0.5, 0.6) is 0 Å². The average molecular weight is 274 g/mol. The van der Waals surface area contributed by atoms with Gasteiger partial charge in [0.25, 0.3) is 0 Å². The van der Waals surface area contributed by atoms with Crippen molar-refractivity contribution in [3.05, 3.63) is 30.0 Å². The number of benzene rings is 1. The number of hydrogen-bond acceptors (Lipinski definition) is 5.